The van der Waals surface area contributed by atoms with Gasteiger partial charge in [0.15, 0.2) is 5.82 Å². The molecule has 1 amide bonds. The van der Waals surface area contributed by atoms with Crippen LogP contribution in [0.5, 0.6) is 0 Å². The number of aromatic nitrogens is 5. The first-order valence-electron chi connectivity index (χ1n) is 8.33. The number of imidazole rings is 1. The summed E-state index contributed by atoms with van der Waals surface area (Å²) < 4.78 is 8.69. The second kappa shape index (κ2) is 7.84. The molecule has 0 unspecified atom stereocenters. The third kappa shape index (κ3) is 3.71. The van der Waals surface area contributed by atoms with Gasteiger partial charge >= 0.3 is 0 Å². The molecule has 3 aromatic heterocycles. The molecule has 26 heavy (non-hydrogen) atoms. The molecule has 9 heteroatoms. The number of methoxy groups -OCH3 is 1. The smallest absolute Gasteiger partial charge is 0.270 e. The lowest BCUT2D eigenvalue weighted by atomic mass is 10.2. The Morgan fingerprint density at radius 2 is 2.23 bits per heavy atom. The van der Waals surface area contributed by atoms with Crippen molar-refractivity contribution in [2.24, 2.45) is 0 Å². The zero-order valence-electron chi connectivity index (χ0n) is 14.9. The van der Waals surface area contributed by atoms with Crippen molar-refractivity contribution in [1.82, 2.24) is 29.5 Å². The second-order valence-corrected chi connectivity index (χ2v) is 6.48. The summed E-state index contributed by atoms with van der Waals surface area (Å²) >= 11 is 6.06. The van der Waals surface area contributed by atoms with E-state index in [1.54, 1.807) is 43.1 Å². The third-order valence-corrected chi connectivity index (χ3v) is 4.32. The fourth-order valence-electron chi connectivity index (χ4n) is 2.89. The topological polar surface area (TPSA) is 86.3 Å². The number of carbonyl (C=O) groups is 1. The van der Waals surface area contributed by atoms with Crippen LogP contribution in [0.25, 0.3) is 5.65 Å². The molecule has 8 nitrogen and oxygen atoms in total. The number of ether oxygens (including phenoxy) is 1. The Bertz CT molecular complexity index is 919. The summed E-state index contributed by atoms with van der Waals surface area (Å²) in [5, 5.41) is 11.6. The number of amides is 1. The number of fused-ring (bicyclic) bond motifs is 1. The van der Waals surface area contributed by atoms with Crippen molar-refractivity contribution in [3.63, 3.8) is 0 Å². The van der Waals surface area contributed by atoms with E-state index in [1.807, 2.05) is 11.5 Å². The molecule has 0 aliphatic heterocycles. The van der Waals surface area contributed by atoms with E-state index in [-0.39, 0.29) is 11.9 Å². The number of nitrogens with one attached hydrogen (secondary N) is 1. The minimum Gasteiger partial charge on any atom is -0.385 e. The van der Waals surface area contributed by atoms with Crippen molar-refractivity contribution in [2.75, 3.05) is 13.7 Å². The molecule has 0 bridgehead atoms. The molecule has 3 rings (SSSR count). The molecule has 1 atom stereocenters. The molecular weight excluding hydrogens is 356 g/mol. The summed E-state index contributed by atoms with van der Waals surface area (Å²) in [4.78, 5) is 17.2. The van der Waals surface area contributed by atoms with E-state index >= 15 is 0 Å². The van der Waals surface area contributed by atoms with Crippen LogP contribution in [0.3, 0.4) is 0 Å². The highest BCUT2D eigenvalue weighted by Crippen LogP contribution is 2.18. The lowest BCUT2D eigenvalue weighted by Crippen LogP contribution is -2.30. The summed E-state index contributed by atoms with van der Waals surface area (Å²) in [6.07, 6.45) is 4.18. The van der Waals surface area contributed by atoms with Gasteiger partial charge in [0, 0.05) is 26.5 Å². The largest absolute Gasteiger partial charge is 0.385 e. The molecule has 3 heterocycles. The second-order valence-electron chi connectivity index (χ2n) is 6.05. The summed E-state index contributed by atoms with van der Waals surface area (Å²) in [5.74, 6) is 0.454. The van der Waals surface area contributed by atoms with Crippen LogP contribution in [-0.2, 0) is 11.3 Å². The molecule has 0 saturated carbocycles. The quantitative estimate of drug-likeness (QED) is 0.640. The Labute approximate surface area is 156 Å². The van der Waals surface area contributed by atoms with Gasteiger partial charge in [-0.15, -0.1) is 10.2 Å². The maximum absolute atomic E-state index is 12.8. The number of aryl methyl sites for hydroxylation is 2. The van der Waals surface area contributed by atoms with Crippen LogP contribution in [0, 0.1) is 6.92 Å². The van der Waals surface area contributed by atoms with Gasteiger partial charge in [-0.05, 0) is 32.4 Å². The van der Waals surface area contributed by atoms with E-state index < -0.39 is 0 Å². The van der Waals surface area contributed by atoms with Crippen molar-refractivity contribution in [1.29, 1.82) is 0 Å². The first-order chi connectivity index (χ1) is 12.5. The van der Waals surface area contributed by atoms with Crippen LogP contribution in [0.4, 0.5) is 0 Å². The van der Waals surface area contributed by atoms with Crippen molar-refractivity contribution < 1.29 is 9.53 Å². The summed E-state index contributed by atoms with van der Waals surface area (Å²) in [6.45, 7) is 5.05. The van der Waals surface area contributed by atoms with Crippen LogP contribution in [0.2, 0.25) is 5.02 Å². The number of hydrogen-bond donors (Lipinski definition) is 1. The first-order valence-corrected chi connectivity index (χ1v) is 8.70. The van der Waals surface area contributed by atoms with Gasteiger partial charge in [-0.3, -0.25) is 9.20 Å². The minimum atomic E-state index is -0.309. The Kier molecular flexibility index (Phi) is 5.53. The normalized spacial score (nSPS) is 12.5. The van der Waals surface area contributed by atoms with Crippen molar-refractivity contribution in [3.05, 3.63) is 46.9 Å². The molecule has 0 saturated heterocycles. The van der Waals surface area contributed by atoms with Gasteiger partial charge in [0.05, 0.1) is 16.8 Å². The molecule has 1 N–H and O–H groups in total. The molecule has 3 aromatic rings. The zero-order valence-corrected chi connectivity index (χ0v) is 15.7. The molecule has 0 radical (unpaired) electrons. The standard InChI is InChI=1S/C17H21ClN6O2/c1-11-15(24-9-13(18)5-6-14(24)20-11)17(25)21-12(2)16-22-19-10-23(16)7-4-8-26-3/h5-6,9-10,12H,4,7-8H2,1-3H3,(H,21,25)/t12-/m1/s1. The molecule has 0 fully saturated rings. The number of nitrogens with zero attached hydrogens (tertiary/aromatic N) is 5. The van der Waals surface area contributed by atoms with Crippen molar-refractivity contribution in [3.8, 4) is 0 Å². The van der Waals surface area contributed by atoms with Gasteiger partial charge in [0.1, 0.15) is 17.7 Å². The van der Waals surface area contributed by atoms with Gasteiger partial charge in [0.25, 0.3) is 5.91 Å². The van der Waals surface area contributed by atoms with Gasteiger partial charge in [0.2, 0.25) is 0 Å². The molecule has 138 valence electrons. The lowest BCUT2D eigenvalue weighted by Gasteiger charge is -2.15. The predicted octanol–water partition coefficient (Wildman–Crippen LogP) is 2.42. The van der Waals surface area contributed by atoms with Crippen molar-refractivity contribution in [2.45, 2.75) is 32.9 Å². The van der Waals surface area contributed by atoms with Crippen LogP contribution in [-0.4, -0.2) is 43.8 Å². The number of hydrogen-bond acceptors (Lipinski definition) is 5. The summed E-state index contributed by atoms with van der Waals surface area (Å²) in [7, 11) is 1.67. The van der Waals surface area contributed by atoms with E-state index in [0.29, 0.717) is 34.5 Å². The molecule has 0 aliphatic carbocycles. The average molecular weight is 377 g/mol. The third-order valence-electron chi connectivity index (χ3n) is 4.10. The monoisotopic (exact) mass is 376 g/mol. The Balaban J connectivity index is 1.79. The van der Waals surface area contributed by atoms with Gasteiger partial charge in [-0.25, -0.2) is 4.98 Å². The lowest BCUT2D eigenvalue weighted by molar-refractivity contribution is 0.0930. The van der Waals surface area contributed by atoms with Crippen molar-refractivity contribution >= 4 is 23.2 Å². The van der Waals surface area contributed by atoms with E-state index in [9.17, 15) is 4.79 Å². The minimum absolute atomic E-state index is 0.240. The van der Waals surface area contributed by atoms with Crippen LogP contribution in [0.1, 0.15) is 41.4 Å². The van der Waals surface area contributed by atoms with Crippen LogP contribution < -0.4 is 5.32 Å². The Hall–Kier alpha value is -2.45. The maximum Gasteiger partial charge on any atom is 0.270 e. The van der Waals surface area contributed by atoms with Gasteiger partial charge in [-0.2, -0.15) is 0 Å². The predicted molar refractivity (Wildman–Crippen MR) is 97.3 cm³/mol. The van der Waals surface area contributed by atoms with E-state index in [2.05, 4.69) is 20.5 Å². The fraction of sp³-hybridized carbons (Fsp3) is 0.412. The average Bonchev–Trinajstić information content (AvgIpc) is 3.18. The first kappa shape index (κ1) is 18.3. The van der Waals surface area contributed by atoms with Crippen LogP contribution >= 0.6 is 11.6 Å². The number of rotatable bonds is 7. The van der Waals surface area contributed by atoms with Crippen LogP contribution in [0.15, 0.2) is 24.7 Å². The zero-order chi connectivity index (χ0) is 18.7. The summed E-state index contributed by atoms with van der Waals surface area (Å²) in [5.41, 5.74) is 1.77. The van der Waals surface area contributed by atoms with Gasteiger partial charge in [-0.1, -0.05) is 11.6 Å². The van der Waals surface area contributed by atoms with E-state index in [1.165, 1.54) is 0 Å². The number of halogens is 1. The highest BCUT2D eigenvalue weighted by molar-refractivity contribution is 6.30. The highest BCUT2D eigenvalue weighted by atomic mass is 35.5. The fourth-order valence-corrected chi connectivity index (χ4v) is 3.05. The van der Waals surface area contributed by atoms with E-state index in [4.69, 9.17) is 16.3 Å². The Morgan fingerprint density at radius 1 is 1.42 bits per heavy atom. The number of pyridine rings is 1. The number of carbonyl (C=O) groups excluding carboxylic acids is 1. The molecule has 0 aliphatic rings. The molecule has 0 spiro atoms. The maximum atomic E-state index is 12.8. The summed E-state index contributed by atoms with van der Waals surface area (Å²) in [6, 6.07) is 3.22. The highest BCUT2D eigenvalue weighted by Gasteiger charge is 2.21. The van der Waals surface area contributed by atoms with Gasteiger partial charge < -0.3 is 14.6 Å². The van der Waals surface area contributed by atoms with E-state index in [0.717, 1.165) is 13.0 Å². The molecular formula is C17H21ClN6O2. The Morgan fingerprint density at radius 3 is 3.00 bits per heavy atom. The SMILES string of the molecule is COCCCn1cnnc1[C@@H](C)NC(=O)c1c(C)nc2ccc(Cl)cn12. The molecule has 0 aromatic carbocycles.